The summed E-state index contributed by atoms with van der Waals surface area (Å²) in [5, 5.41) is 9.69. The Morgan fingerprint density at radius 2 is 2.20 bits per heavy atom. The first-order valence-corrected chi connectivity index (χ1v) is 6.46. The summed E-state index contributed by atoms with van der Waals surface area (Å²) in [7, 11) is 1.54. The van der Waals surface area contributed by atoms with Crippen molar-refractivity contribution in [1.82, 2.24) is 15.2 Å². The zero-order valence-corrected chi connectivity index (χ0v) is 12.2. The number of carbonyl (C=O) groups is 1. The Morgan fingerprint density at radius 3 is 2.80 bits per heavy atom. The first-order chi connectivity index (χ1) is 9.51. The van der Waals surface area contributed by atoms with E-state index in [2.05, 4.69) is 20.5 Å². The number of carbonyl (C=O) groups excluding carboxylic acids is 1. The Hall–Kier alpha value is -2.08. The molecule has 2 aromatic rings. The van der Waals surface area contributed by atoms with Crippen LogP contribution in [0, 0.1) is 0 Å². The number of halogens is 1. The van der Waals surface area contributed by atoms with Gasteiger partial charge in [0, 0.05) is 12.0 Å². The highest BCUT2D eigenvalue weighted by Crippen LogP contribution is 2.26. The molecule has 0 saturated carbocycles. The van der Waals surface area contributed by atoms with E-state index < -0.39 is 5.91 Å². The number of anilines is 1. The fraction of sp³-hybridized carbons (Fsp3) is 0.308. The molecule has 1 amide bonds. The number of aromatic nitrogens is 3. The molecule has 1 aromatic heterocycles. The average molecular weight is 295 g/mol. The fourth-order valence-electron chi connectivity index (χ4n) is 1.54. The van der Waals surface area contributed by atoms with Gasteiger partial charge in [0.15, 0.2) is 0 Å². The topological polar surface area (TPSA) is 79.9 Å². The first-order valence-electron chi connectivity index (χ1n) is 6.08. The maximum atomic E-state index is 12.0. The van der Waals surface area contributed by atoms with Gasteiger partial charge in [0.1, 0.15) is 11.6 Å². The number of methoxy groups -OCH3 is 1. The molecule has 6 nitrogen and oxygen atoms in total. The number of ether oxygens (including phenoxy) is 1. The number of rotatable bonds is 4. The van der Waals surface area contributed by atoms with E-state index in [1.807, 2.05) is 13.8 Å². The highest BCUT2D eigenvalue weighted by Gasteiger charge is 2.15. The van der Waals surface area contributed by atoms with Crippen molar-refractivity contribution in [2.45, 2.75) is 19.8 Å². The van der Waals surface area contributed by atoms with Crippen molar-refractivity contribution >= 4 is 23.2 Å². The zero-order chi connectivity index (χ0) is 14.7. The molecule has 7 heteroatoms. The van der Waals surface area contributed by atoms with Crippen LogP contribution in [0.3, 0.4) is 0 Å². The molecule has 0 aliphatic rings. The third-order valence-electron chi connectivity index (χ3n) is 2.67. The van der Waals surface area contributed by atoms with Crippen molar-refractivity contribution in [1.29, 1.82) is 0 Å². The van der Waals surface area contributed by atoms with Crippen molar-refractivity contribution in [2.75, 3.05) is 12.4 Å². The fourth-order valence-corrected chi connectivity index (χ4v) is 1.70. The number of amides is 1. The molecule has 0 radical (unpaired) electrons. The van der Waals surface area contributed by atoms with Gasteiger partial charge in [-0.3, -0.25) is 9.89 Å². The Morgan fingerprint density at radius 1 is 1.45 bits per heavy atom. The van der Waals surface area contributed by atoms with Crippen LogP contribution in [-0.2, 0) is 0 Å². The van der Waals surface area contributed by atoms with Crippen LogP contribution in [-0.4, -0.2) is 28.2 Å². The lowest BCUT2D eigenvalue weighted by molar-refractivity contribution is 0.101. The lowest BCUT2D eigenvalue weighted by Gasteiger charge is -2.07. The Labute approximate surface area is 121 Å². The van der Waals surface area contributed by atoms with Gasteiger partial charge in [0.2, 0.25) is 5.82 Å². The molecule has 0 aliphatic heterocycles. The summed E-state index contributed by atoms with van der Waals surface area (Å²) in [6.07, 6.45) is 0. The SMILES string of the molecule is COc1ccc(Cl)c(NC(=O)c2n[nH]c(C(C)C)n2)c1. The summed E-state index contributed by atoms with van der Waals surface area (Å²) < 4.78 is 5.09. The normalized spacial score (nSPS) is 10.7. The van der Waals surface area contributed by atoms with Crippen LogP contribution in [0.5, 0.6) is 5.75 Å². The quantitative estimate of drug-likeness (QED) is 0.908. The van der Waals surface area contributed by atoms with Gasteiger partial charge in [-0.05, 0) is 12.1 Å². The number of nitrogens with zero attached hydrogens (tertiary/aromatic N) is 2. The van der Waals surface area contributed by atoms with Crippen molar-refractivity contribution in [3.63, 3.8) is 0 Å². The van der Waals surface area contributed by atoms with Crippen molar-refractivity contribution in [2.24, 2.45) is 0 Å². The van der Waals surface area contributed by atoms with Crippen LogP contribution in [0.25, 0.3) is 0 Å². The Kier molecular flexibility index (Phi) is 4.24. The van der Waals surface area contributed by atoms with Crippen LogP contribution in [0.4, 0.5) is 5.69 Å². The number of aromatic amines is 1. The second-order valence-corrected chi connectivity index (χ2v) is 4.91. The van der Waals surface area contributed by atoms with Crippen LogP contribution in [0.15, 0.2) is 18.2 Å². The summed E-state index contributed by atoms with van der Waals surface area (Å²) in [6, 6.07) is 4.99. The molecule has 0 unspecified atom stereocenters. The van der Waals surface area contributed by atoms with Gasteiger partial charge in [-0.25, -0.2) is 4.98 Å². The summed E-state index contributed by atoms with van der Waals surface area (Å²) >= 11 is 6.02. The third-order valence-corrected chi connectivity index (χ3v) is 3.00. The van der Waals surface area contributed by atoms with Gasteiger partial charge in [0.25, 0.3) is 5.91 Å². The van der Waals surface area contributed by atoms with Gasteiger partial charge < -0.3 is 10.1 Å². The number of hydrogen-bond donors (Lipinski definition) is 2. The van der Waals surface area contributed by atoms with Gasteiger partial charge in [-0.2, -0.15) is 0 Å². The van der Waals surface area contributed by atoms with Crippen molar-refractivity contribution in [3.8, 4) is 5.75 Å². The maximum absolute atomic E-state index is 12.0. The molecule has 1 heterocycles. The molecule has 0 aliphatic carbocycles. The molecule has 2 N–H and O–H groups in total. The molecule has 0 saturated heterocycles. The van der Waals surface area contributed by atoms with Gasteiger partial charge in [-0.1, -0.05) is 25.4 Å². The van der Waals surface area contributed by atoms with E-state index in [4.69, 9.17) is 16.3 Å². The minimum Gasteiger partial charge on any atom is -0.497 e. The maximum Gasteiger partial charge on any atom is 0.295 e. The van der Waals surface area contributed by atoms with E-state index in [1.54, 1.807) is 25.3 Å². The average Bonchev–Trinajstić information content (AvgIpc) is 2.91. The smallest absolute Gasteiger partial charge is 0.295 e. The number of nitrogens with one attached hydrogen (secondary N) is 2. The van der Waals surface area contributed by atoms with Crippen LogP contribution < -0.4 is 10.1 Å². The highest BCUT2D eigenvalue weighted by molar-refractivity contribution is 6.33. The number of H-pyrrole nitrogens is 1. The summed E-state index contributed by atoms with van der Waals surface area (Å²) in [6.45, 7) is 3.92. The zero-order valence-electron chi connectivity index (χ0n) is 11.4. The number of hydrogen-bond acceptors (Lipinski definition) is 4. The standard InChI is InChI=1S/C13H15ClN4O2/c1-7(2)11-16-12(18-17-11)13(19)15-10-6-8(20-3)4-5-9(10)14/h4-7H,1-3H3,(H,15,19)(H,16,17,18). The van der Waals surface area contributed by atoms with Gasteiger partial charge in [0.05, 0.1) is 17.8 Å². The summed E-state index contributed by atoms with van der Waals surface area (Å²) in [5.41, 5.74) is 0.451. The molecule has 0 spiro atoms. The second-order valence-electron chi connectivity index (χ2n) is 4.50. The minimum atomic E-state index is -0.427. The lowest BCUT2D eigenvalue weighted by atomic mass is 10.2. The molecular weight excluding hydrogens is 280 g/mol. The molecule has 20 heavy (non-hydrogen) atoms. The van der Waals surface area contributed by atoms with Crippen LogP contribution in [0.1, 0.15) is 36.2 Å². The van der Waals surface area contributed by atoms with E-state index in [0.29, 0.717) is 22.3 Å². The summed E-state index contributed by atoms with van der Waals surface area (Å²) in [4.78, 5) is 16.2. The molecule has 106 valence electrons. The predicted molar refractivity (Wildman–Crippen MR) is 76.4 cm³/mol. The first kappa shape index (κ1) is 14.3. The molecular formula is C13H15ClN4O2. The second kappa shape index (κ2) is 5.92. The monoisotopic (exact) mass is 294 g/mol. The van der Waals surface area contributed by atoms with Crippen molar-refractivity contribution in [3.05, 3.63) is 34.9 Å². The molecule has 2 rings (SSSR count). The lowest BCUT2D eigenvalue weighted by Crippen LogP contribution is -2.14. The van der Waals surface area contributed by atoms with E-state index in [-0.39, 0.29) is 11.7 Å². The predicted octanol–water partition coefficient (Wildman–Crippen LogP) is 2.84. The Bertz CT molecular complexity index is 625. The van der Waals surface area contributed by atoms with E-state index in [9.17, 15) is 4.79 Å². The van der Waals surface area contributed by atoms with E-state index in [0.717, 1.165) is 0 Å². The summed E-state index contributed by atoms with van der Waals surface area (Å²) in [5.74, 6) is 1.08. The third kappa shape index (κ3) is 3.08. The molecule has 0 atom stereocenters. The van der Waals surface area contributed by atoms with Gasteiger partial charge in [-0.15, -0.1) is 5.10 Å². The minimum absolute atomic E-state index is 0.0765. The van der Waals surface area contributed by atoms with E-state index in [1.165, 1.54) is 0 Å². The molecule has 1 aromatic carbocycles. The van der Waals surface area contributed by atoms with Crippen molar-refractivity contribution < 1.29 is 9.53 Å². The van der Waals surface area contributed by atoms with E-state index >= 15 is 0 Å². The molecule has 0 fully saturated rings. The van der Waals surface area contributed by atoms with Gasteiger partial charge >= 0.3 is 0 Å². The highest BCUT2D eigenvalue weighted by atomic mass is 35.5. The Balaban J connectivity index is 2.18. The van der Waals surface area contributed by atoms with Crippen LogP contribution >= 0.6 is 11.6 Å². The largest absolute Gasteiger partial charge is 0.497 e. The number of benzene rings is 1. The molecule has 0 bridgehead atoms. The van der Waals surface area contributed by atoms with Crippen LogP contribution in [0.2, 0.25) is 5.02 Å².